The predicted molar refractivity (Wildman–Crippen MR) is 124 cm³/mol. The van der Waals surface area contributed by atoms with Crippen LogP contribution in [0, 0.1) is 11.8 Å². The zero-order valence-electron chi connectivity index (χ0n) is 17.3. The molecule has 2 fully saturated rings. The molecule has 0 aromatic heterocycles. The Kier molecular flexibility index (Phi) is 9.36. The minimum atomic E-state index is -0.123. The Bertz CT molecular complexity index is 680. The third kappa shape index (κ3) is 6.14. The van der Waals surface area contributed by atoms with Gasteiger partial charge < -0.3 is 15.5 Å². The van der Waals surface area contributed by atoms with Gasteiger partial charge in [0.2, 0.25) is 5.91 Å². The number of halogens is 3. The summed E-state index contributed by atoms with van der Waals surface area (Å²) in [4.78, 5) is 19.0. The molecular formula is C21H33Cl3N4O. The van der Waals surface area contributed by atoms with E-state index in [0.717, 1.165) is 64.1 Å². The fourth-order valence-corrected chi connectivity index (χ4v) is 5.11. The summed E-state index contributed by atoms with van der Waals surface area (Å²) in [6, 6.07) is 6.36. The van der Waals surface area contributed by atoms with Gasteiger partial charge in [-0.25, -0.2) is 0 Å². The van der Waals surface area contributed by atoms with Crippen molar-refractivity contribution in [1.29, 1.82) is 0 Å². The summed E-state index contributed by atoms with van der Waals surface area (Å²) in [6.45, 7) is 4.88. The standard InChI is InChI=1S/C21H32Cl2N4O.ClH/c1-25(2)16-6-7-17(21(24)28)15(14-16)8-9-26-10-12-27(13-11-26)19-5-3-4-18(22)20(19)23;/h3-5,15-17H,6-14H2,1-2H3,(H2,24,28);1H. The first-order valence-corrected chi connectivity index (χ1v) is 11.0. The number of primary amides is 1. The van der Waals surface area contributed by atoms with Gasteiger partial charge in [-0.1, -0.05) is 29.3 Å². The number of benzene rings is 1. The van der Waals surface area contributed by atoms with Crippen LogP contribution >= 0.6 is 35.6 Å². The number of carbonyl (C=O) groups is 1. The van der Waals surface area contributed by atoms with E-state index in [1.807, 2.05) is 18.2 Å². The molecule has 29 heavy (non-hydrogen) atoms. The Morgan fingerprint density at radius 3 is 2.48 bits per heavy atom. The highest BCUT2D eigenvalue weighted by atomic mass is 35.5. The molecule has 1 aliphatic heterocycles. The van der Waals surface area contributed by atoms with E-state index in [-0.39, 0.29) is 24.2 Å². The Labute approximate surface area is 190 Å². The van der Waals surface area contributed by atoms with Crippen molar-refractivity contribution in [2.45, 2.75) is 31.7 Å². The van der Waals surface area contributed by atoms with Gasteiger partial charge in [0.05, 0.1) is 15.7 Å². The van der Waals surface area contributed by atoms with Crippen molar-refractivity contribution in [2.75, 3.05) is 51.7 Å². The first-order valence-electron chi connectivity index (χ1n) is 10.2. The normalized spacial score (nSPS) is 25.7. The van der Waals surface area contributed by atoms with Gasteiger partial charge in [-0.2, -0.15) is 0 Å². The summed E-state index contributed by atoms with van der Waals surface area (Å²) in [5.41, 5.74) is 6.72. The number of hydrogen-bond donors (Lipinski definition) is 1. The Balaban J connectivity index is 0.00000300. The molecule has 5 nitrogen and oxygen atoms in total. The SMILES string of the molecule is CN(C)C1CCC(C(N)=O)C(CCN2CCN(c3cccc(Cl)c3Cl)CC2)C1.Cl. The van der Waals surface area contributed by atoms with Crippen LogP contribution in [0.4, 0.5) is 5.69 Å². The summed E-state index contributed by atoms with van der Waals surface area (Å²) in [5.74, 6) is 0.296. The highest BCUT2D eigenvalue weighted by Crippen LogP contribution is 2.35. The maximum absolute atomic E-state index is 11.9. The largest absolute Gasteiger partial charge is 0.369 e. The number of nitrogens with two attached hydrogens (primary N) is 1. The molecule has 1 heterocycles. The van der Waals surface area contributed by atoms with Crippen LogP contribution < -0.4 is 10.6 Å². The second-order valence-corrected chi connectivity index (χ2v) is 9.17. The fourth-order valence-electron chi connectivity index (χ4n) is 4.70. The van der Waals surface area contributed by atoms with Gasteiger partial charge >= 0.3 is 0 Å². The molecule has 1 aromatic rings. The zero-order chi connectivity index (χ0) is 20.3. The first kappa shape index (κ1) is 24.5. The number of amides is 1. The maximum Gasteiger partial charge on any atom is 0.220 e. The number of carbonyl (C=O) groups excluding carboxylic acids is 1. The zero-order valence-corrected chi connectivity index (χ0v) is 19.6. The molecule has 1 saturated carbocycles. The van der Waals surface area contributed by atoms with Gasteiger partial charge in [0.25, 0.3) is 0 Å². The Morgan fingerprint density at radius 2 is 1.86 bits per heavy atom. The van der Waals surface area contributed by atoms with Crippen LogP contribution in [0.3, 0.4) is 0 Å². The Morgan fingerprint density at radius 1 is 1.17 bits per heavy atom. The van der Waals surface area contributed by atoms with Crippen LogP contribution in [-0.4, -0.2) is 68.6 Å². The second-order valence-electron chi connectivity index (χ2n) is 8.39. The highest BCUT2D eigenvalue weighted by molar-refractivity contribution is 6.43. The second kappa shape index (κ2) is 11.1. The van der Waals surface area contributed by atoms with E-state index >= 15 is 0 Å². The lowest BCUT2D eigenvalue weighted by atomic mass is 9.74. The van der Waals surface area contributed by atoms with Gasteiger partial charge in [-0.15, -0.1) is 12.4 Å². The molecule has 0 radical (unpaired) electrons. The molecule has 3 unspecified atom stereocenters. The summed E-state index contributed by atoms with van der Waals surface area (Å²) >= 11 is 12.5. The molecule has 1 saturated heterocycles. The third-order valence-corrected chi connectivity index (χ3v) is 7.32. The summed E-state index contributed by atoms with van der Waals surface area (Å²) in [5, 5.41) is 1.24. The fraction of sp³-hybridized carbons (Fsp3) is 0.667. The number of anilines is 1. The minimum absolute atomic E-state index is 0. The molecule has 0 spiro atoms. The van der Waals surface area contributed by atoms with Crippen molar-refractivity contribution in [2.24, 2.45) is 17.6 Å². The average molecular weight is 464 g/mol. The van der Waals surface area contributed by atoms with E-state index in [9.17, 15) is 4.79 Å². The van der Waals surface area contributed by atoms with Crippen molar-refractivity contribution in [3.8, 4) is 0 Å². The van der Waals surface area contributed by atoms with Crippen molar-refractivity contribution in [3.63, 3.8) is 0 Å². The number of hydrogen-bond acceptors (Lipinski definition) is 4. The smallest absolute Gasteiger partial charge is 0.220 e. The van der Waals surface area contributed by atoms with Crippen LogP contribution in [0.25, 0.3) is 0 Å². The van der Waals surface area contributed by atoms with E-state index in [1.54, 1.807) is 0 Å². The monoisotopic (exact) mass is 462 g/mol. The van der Waals surface area contributed by atoms with Gasteiger partial charge in [-0.3, -0.25) is 9.69 Å². The number of rotatable bonds is 6. The van der Waals surface area contributed by atoms with Gasteiger partial charge in [0.15, 0.2) is 0 Å². The van der Waals surface area contributed by atoms with E-state index in [1.165, 1.54) is 0 Å². The lowest BCUT2D eigenvalue weighted by Crippen LogP contribution is -2.48. The van der Waals surface area contributed by atoms with Crippen LogP contribution in [0.2, 0.25) is 10.0 Å². The van der Waals surface area contributed by atoms with Gasteiger partial charge in [0, 0.05) is 38.1 Å². The maximum atomic E-state index is 11.9. The third-order valence-electron chi connectivity index (χ3n) is 6.51. The summed E-state index contributed by atoms with van der Waals surface area (Å²) < 4.78 is 0. The molecule has 8 heteroatoms. The van der Waals surface area contributed by atoms with E-state index in [2.05, 4.69) is 28.8 Å². The molecule has 2 N–H and O–H groups in total. The molecule has 3 rings (SSSR count). The average Bonchev–Trinajstić information content (AvgIpc) is 2.68. The van der Waals surface area contributed by atoms with Crippen molar-refractivity contribution < 1.29 is 4.79 Å². The quantitative estimate of drug-likeness (QED) is 0.698. The molecule has 0 bridgehead atoms. The molecule has 3 atom stereocenters. The van der Waals surface area contributed by atoms with Crippen LogP contribution in [0.15, 0.2) is 18.2 Å². The first-order chi connectivity index (χ1) is 13.4. The molecular weight excluding hydrogens is 431 g/mol. The van der Waals surface area contributed by atoms with Crippen LogP contribution in [0.1, 0.15) is 25.7 Å². The minimum Gasteiger partial charge on any atom is -0.369 e. The predicted octanol–water partition coefficient (Wildman–Crippen LogP) is 3.76. The Hall–Kier alpha value is -0.720. The lowest BCUT2D eigenvalue weighted by Gasteiger charge is -2.40. The van der Waals surface area contributed by atoms with Crippen molar-refractivity contribution in [3.05, 3.63) is 28.2 Å². The molecule has 164 valence electrons. The topological polar surface area (TPSA) is 52.8 Å². The number of piperazine rings is 1. The van der Waals surface area contributed by atoms with Crippen molar-refractivity contribution >= 4 is 47.2 Å². The number of nitrogens with zero attached hydrogens (tertiary/aromatic N) is 3. The van der Waals surface area contributed by atoms with Gasteiger partial charge in [-0.05, 0) is 64.4 Å². The lowest BCUT2D eigenvalue weighted by molar-refractivity contribution is -0.125. The van der Waals surface area contributed by atoms with E-state index in [4.69, 9.17) is 28.9 Å². The van der Waals surface area contributed by atoms with Crippen LogP contribution in [0.5, 0.6) is 0 Å². The summed E-state index contributed by atoms with van der Waals surface area (Å²) in [7, 11) is 4.26. The summed E-state index contributed by atoms with van der Waals surface area (Å²) in [6.07, 6.45) is 4.09. The van der Waals surface area contributed by atoms with E-state index < -0.39 is 0 Å². The van der Waals surface area contributed by atoms with Gasteiger partial charge in [0.1, 0.15) is 0 Å². The molecule has 2 aliphatic rings. The highest BCUT2D eigenvalue weighted by Gasteiger charge is 2.34. The molecule has 1 aliphatic carbocycles. The van der Waals surface area contributed by atoms with Crippen molar-refractivity contribution in [1.82, 2.24) is 9.80 Å². The van der Waals surface area contributed by atoms with Crippen LogP contribution in [-0.2, 0) is 4.79 Å². The van der Waals surface area contributed by atoms with E-state index in [0.29, 0.717) is 22.0 Å². The molecule has 1 aromatic carbocycles. The molecule has 1 amide bonds.